The summed E-state index contributed by atoms with van der Waals surface area (Å²) in [6, 6.07) is 7.78. The highest BCUT2D eigenvalue weighted by Crippen LogP contribution is 2.22. The first-order valence-electron chi connectivity index (χ1n) is 7.29. The van der Waals surface area contributed by atoms with Crippen LogP contribution in [0.1, 0.15) is 16.9 Å². The van der Waals surface area contributed by atoms with Gasteiger partial charge in [-0.15, -0.1) is 0 Å². The highest BCUT2D eigenvalue weighted by molar-refractivity contribution is 5.92. The number of aromatic nitrogens is 2. The fourth-order valence-electron chi connectivity index (χ4n) is 2.71. The van der Waals surface area contributed by atoms with Gasteiger partial charge < -0.3 is 10.0 Å². The van der Waals surface area contributed by atoms with Gasteiger partial charge in [-0.25, -0.2) is 4.68 Å². The zero-order valence-electron chi connectivity index (χ0n) is 12.3. The van der Waals surface area contributed by atoms with E-state index in [1.54, 1.807) is 29.2 Å². The molecule has 1 aromatic heterocycles. The Labute approximate surface area is 132 Å². The zero-order valence-corrected chi connectivity index (χ0v) is 12.3. The standard InChI is InChI=1S/C15H16N4O4/c20-10-11-5-7-17(9-11)15(21)12-6-8-18(16-12)13-3-1-2-4-14(13)19(22)23/h1-4,6,8,11,20H,5,7,9-10H2. The Balaban J connectivity index is 1.84. The number of carbonyl (C=O) groups excluding carboxylic acids is 1. The molecule has 0 aliphatic carbocycles. The van der Waals surface area contributed by atoms with Crippen LogP contribution in [-0.4, -0.2) is 50.3 Å². The van der Waals surface area contributed by atoms with Gasteiger partial charge in [0, 0.05) is 37.9 Å². The van der Waals surface area contributed by atoms with Crippen LogP contribution in [0.4, 0.5) is 5.69 Å². The molecular formula is C15H16N4O4. The van der Waals surface area contributed by atoms with E-state index in [-0.39, 0.29) is 29.8 Å². The largest absolute Gasteiger partial charge is 0.396 e. The summed E-state index contributed by atoms with van der Waals surface area (Å²) in [7, 11) is 0. The monoisotopic (exact) mass is 316 g/mol. The summed E-state index contributed by atoms with van der Waals surface area (Å²) >= 11 is 0. The van der Waals surface area contributed by atoms with Gasteiger partial charge in [0.05, 0.1) is 4.92 Å². The van der Waals surface area contributed by atoms with E-state index in [1.807, 2.05) is 0 Å². The number of aliphatic hydroxyl groups excluding tert-OH is 1. The molecular weight excluding hydrogens is 300 g/mol. The molecule has 23 heavy (non-hydrogen) atoms. The molecule has 0 saturated carbocycles. The number of carbonyl (C=O) groups is 1. The first-order valence-corrected chi connectivity index (χ1v) is 7.29. The predicted molar refractivity (Wildman–Crippen MR) is 81.3 cm³/mol. The number of hydrogen-bond donors (Lipinski definition) is 1. The number of hydrogen-bond acceptors (Lipinski definition) is 5. The van der Waals surface area contributed by atoms with E-state index >= 15 is 0 Å². The van der Waals surface area contributed by atoms with Crippen LogP contribution in [0.5, 0.6) is 0 Å². The second-order valence-corrected chi connectivity index (χ2v) is 5.48. The van der Waals surface area contributed by atoms with Crippen LogP contribution in [0.25, 0.3) is 5.69 Å². The second kappa shape index (κ2) is 6.17. The van der Waals surface area contributed by atoms with Gasteiger partial charge >= 0.3 is 0 Å². The molecule has 1 fully saturated rings. The Morgan fingerprint density at radius 1 is 1.39 bits per heavy atom. The molecule has 120 valence electrons. The summed E-state index contributed by atoms with van der Waals surface area (Å²) in [5, 5.41) is 24.4. The molecule has 2 aromatic rings. The minimum Gasteiger partial charge on any atom is -0.396 e. The summed E-state index contributed by atoms with van der Waals surface area (Å²) < 4.78 is 1.34. The lowest BCUT2D eigenvalue weighted by molar-refractivity contribution is -0.384. The average molecular weight is 316 g/mol. The average Bonchev–Trinajstić information content (AvgIpc) is 3.23. The van der Waals surface area contributed by atoms with Gasteiger partial charge in [-0.1, -0.05) is 12.1 Å². The summed E-state index contributed by atoms with van der Waals surface area (Å²) in [6.07, 6.45) is 2.31. The zero-order chi connectivity index (χ0) is 16.4. The van der Waals surface area contributed by atoms with E-state index in [1.165, 1.54) is 16.9 Å². The first kappa shape index (κ1) is 15.2. The van der Waals surface area contributed by atoms with Gasteiger partial charge in [0.15, 0.2) is 5.69 Å². The van der Waals surface area contributed by atoms with Gasteiger partial charge in [-0.3, -0.25) is 14.9 Å². The molecule has 1 amide bonds. The van der Waals surface area contributed by atoms with Gasteiger partial charge in [-0.2, -0.15) is 5.10 Å². The summed E-state index contributed by atoms with van der Waals surface area (Å²) in [5.41, 5.74) is 0.476. The maximum absolute atomic E-state index is 12.4. The van der Waals surface area contributed by atoms with Crippen molar-refractivity contribution in [3.63, 3.8) is 0 Å². The van der Waals surface area contributed by atoms with Crippen LogP contribution in [-0.2, 0) is 0 Å². The second-order valence-electron chi connectivity index (χ2n) is 5.48. The third-order valence-corrected chi connectivity index (χ3v) is 3.96. The van der Waals surface area contributed by atoms with Gasteiger partial charge in [0.1, 0.15) is 5.69 Å². The summed E-state index contributed by atoms with van der Waals surface area (Å²) in [4.78, 5) is 24.7. The van der Waals surface area contributed by atoms with Crippen molar-refractivity contribution in [3.05, 3.63) is 52.3 Å². The van der Waals surface area contributed by atoms with Crippen molar-refractivity contribution in [2.75, 3.05) is 19.7 Å². The molecule has 1 aromatic carbocycles. The van der Waals surface area contributed by atoms with Crippen molar-refractivity contribution >= 4 is 11.6 Å². The molecule has 8 heteroatoms. The minimum atomic E-state index is -0.481. The summed E-state index contributed by atoms with van der Waals surface area (Å²) in [5.74, 6) is -0.116. The third kappa shape index (κ3) is 2.93. The van der Waals surface area contributed by atoms with Crippen molar-refractivity contribution in [1.82, 2.24) is 14.7 Å². The molecule has 0 spiro atoms. The number of nitro benzene ring substituents is 1. The number of amides is 1. The van der Waals surface area contributed by atoms with Gasteiger partial charge in [0.25, 0.3) is 11.6 Å². The van der Waals surface area contributed by atoms with Crippen molar-refractivity contribution in [3.8, 4) is 5.69 Å². The molecule has 1 unspecified atom stereocenters. The van der Waals surface area contributed by atoms with Crippen LogP contribution < -0.4 is 0 Å². The van der Waals surface area contributed by atoms with Crippen LogP contribution in [0.2, 0.25) is 0 Å². The lowest BCUT2D eigenvalue weighted by atomic mass is 10.1. The van der Waals surface area contributed by atoms with Crippen molar-refractivity contribution in [1.29, 1.82) is 0 Å². The van der Waals surface area contributed by atoms with Crippen molar-refractivity contribution < 1.29 is 14.8 Å². The number of benzene rings is 1. The maximum atomic E-state index is 12.4. The Morgan fingerprint density at radius 2 is 2.17 bits per heavy atom. The molecule has 1 saturated heterocycles. The first-order chi connectivity index (χ1) is 11.1. The molecule has 0 radical (unpaired) electrons. The maximum Gasteiger partial charge on any atom is 0.294 e. The molecule has 8 nitrogen and oxygen atoms in total. The highest BCUT2D eigenvalue weighted by atomic mass is 16.6. The van der Waals surface area contributed by atoms with Crippen molar-refractivity contribution in [2.45, 2.75) is 6.42 Å². The quantitative estimate of drug-likeness (QED) is 0.675. The number of aliphatic hydroxyl groups is 1. The van der Waals surface area contributed by atoms with Gasteiger partial charge in [-0.05, 0) is 18.6 Å². The molecule has 0 bridgehead atoms. The SMILES string of the molecule is O=C(c1ccn(-c2ccccc2[N+](=O)[O-])n1)N1CCC(CO)C1. The molecule has 2 heterocycles. The Morgan fingerprint density at radius 3 is 2.87 bits per heavy atom. The Bertz CT molecular complexity index is 743. The minimum absolute atomic E-state index is 0.0639. The molecule has 1 aliphatic rings. The highest BCUT2D eigenvalue weighted by Gasteiger charge is 2.28. The number of likely N-dealkylation sites (tertiary alicyclic amines) is 1. The van der Waals surface area contributed by atoms with Crippen LogP contribution >= 0.6 is 0 Å². The van der Waals surface area contributed by atoms with E-state index in [4.69, 9.17) is 5.11 Å². The third-order valence-electron chi connectivity index (χ3n) is 3.96. The number of rotatable bonds is 4. The smallest absolute Gasteiger partial charge is 0.294 e. The normalized spacial score (nSPS) is 17.4. The van der Waals surface area contributed by atoms with E-state index in [2.05, 4.69) is 5.10 Å². The summed E-state index contributed by atoms with van der Waals surface area (Å²) in [6.45, 7) is 1.16. The fourth-order valence-corrected chi connectivity index (χ4v) is 2.71. The Hall–Kier alpha value is -2.74. The topological polar surface area (TPSA) is 102 Å². The van der Waals surface area contributed by atoms with Crippen LogP contribution in [0, 0.1) is 16.0 Å². The fraction of sp³-hybridized carbons (Fsp3) is 0.333. The van der Waals surface area contributed by atoms with Crippen molar-refractivity contribution in [2.24, 2.45) is 5.92 Å². The Kier molecular flexibility index (Phi) is 4.07. The lowest BCUT2D eigenvalue weighted by Gasteiger charge is -2.14. The molecule has 3 rings (SSSR count). The molecule has 1 N–H and O–H groups in total. The van der Waals surface area contributed by atoms with E-state index in [9.17, 15) is 14.9 Å². The molecule has 1 atom stereocenters. The van der Waals surface area contributed by atoms with E-state index in [0.29, 0.717) is 18.8 Å². The lowest BCUT2D eigenvalue weighted by Crippen LogP contribution is -2.29. The van der Waals surface area contributed by atoms with Crippen LogP contribution in [0.15, 0.2) is 36.5 Å². The van der Waals surface area contributed by atoms with Crippen LogP contribution in [0.3, 0.4) is 0 Å². The van der Waals surface area contributed by atoms with E-state index in [0.717, 1.165) is 6.42 Å². The molecule has 1 aliphatic heterocycles. The van der Waals surface area contributed by atoms with E-state index < -0.39 is 4.92 Å². The number of para-hydroxylation sites is 2. The predicted octanol–water partition coefficient (Wildman–Crippen LogP) is 1.23. The number of nitro groups is 1. The van der Waals surface area contributed by atoms with Gasteiger partial charge in [0.2, 0.25) is 0 Å². The number of nitrogens with zero attached hydrogens (tertiary/aromatic N) is 4.